The minimum absolute atomic E-state index is 0.864. The van der Waals surface area contributed by atoms with E-state index in [0.29, 0.717) is 0 Å². The van der Waals surface area contributed by atoms with Gasteiger partial charge in [0, 0.05) is 0 Å². The Kier molecular flexibility index (Phi) is 27.0. The average molecular weight is 495 g/mol. The maximum absolute atomic E-state index is 2.65. The first kappa shape index (κ1) is 35.0. The molecule has 0 spiro atoms. The van der Waals surface area contributed by atoms with E-state index < -0.39 is 0 Å². The molecule has 0 aromatic heterocycles. The van der Waals surface area contributed by atoms with Crippen LogP contribution in [-0.2, 0) is 0 Å². The van der Waals surface area contributed by atoms with Crippen LogP contribution in [0.2, 0.25) is 0 Å². The number of unbranched alkanes of at least 4 members (excludes halogenated alkanes) is 20. The lowest BCUT2D eigenvalue weighted by Gasteiger charge is -2.45. The Morgan fingerprint density at radius 1 is 0.343 bits per heavy atom. The molecule has 0 aliphatic carbocycles. The van der Waals surface area contributed by atoms with Crippen molar-refractivity contribution >= 4 is 0 Å². The van der Waals surface area contributed by atoms with Crippen molar-refractivity contribution in [2.24, 2.45) is 0 Å². The minimum atomic E-state index is 0.864. The summed E-state index contributed by atoms with van der Waals surface area (Å²) in [5, 5.41) is 0. The first-order valence-corrected chi connectivity index (χ1v) is 17.0. The molecule has 0 amide bonds. The molecule has 212 valence electrons. The molecule has 0 radical (unpaired) electrons. The van der Waals surface area contributed by atoms with Gasteiger partial charge < -0.3 is 4.48 Å². The van der Waals surface area contributed by atoms with Crippen LogP contribution in [0.15, 0.2) is 0 Å². The highest BCUT2D eigenvalue weighted by atomic mass is 15.4. The fourth-order valence-corrected chi connectivity index (χ4v) is 6.11. The molecule has 0 N–H and O–H groups in total. The van der Waals surface area contributed by atoms with Crippen LogP contribution in [0.1, 0.15) is 195 Å². The molecular weight excluding hydrogens is 422 g/mol. The van der Waals surface area contributed by atoms with Crippen molar-refractivity contribution in [1.29, 1.82) is 0 Å². The highest BCUT2D eigenvalue weighted by Crippen LogP contribution is 2.25. The predicted molar refractivity (Wildman–Crippen MR) is 162 cm³/mol. The van der Waals surface area contributed by atoms with Gasteiger partial charge in [0.2, 0.25) is 0 Å². The first-order chi connectivity index (χ1) is 17.2. The number of quaternary nitrogens is 1. The Bertz CT molecular complexity index is 349. The Labute approximate surface area is 225 Å². The van der Waals surface area contributed by atoms with Crippen LogP contribution in [0.25, 0.3) is 0 Å². The molecule has 0 bridgehead atoms. The smallest absolute Gasteiger partial charge is 0.0861 e. The van der Waals surface area contributed by atoms with Gasteiger partial charge in [-0.15, -0.1) is 0 Å². The van der Waals surface area contributed by atoms with Gasteiger partial charge in [0.05, 0.1) is 25.7 Å². The fourth-order valence-electron chi connectivity index (χ4n) is 6.11. The third kappa shape index (κ3) is 20.7. The van der Waals surface area contributed by atoms with Crippen LogP contribution in [0.5, 0.6) is 0 Å². The zero-order valence-electron chi connectivity index (χ0n) is 25.8. The molecule has 1 heteroatoms. The largest absolute Gasteiger partial charge is 0.321 e. The lowest BCUT2D eigenvalue weighted by molar-refractivity contribution is -0.950. The summed E-state index contributed by atoms with van der Waals surface area (Å²) >= 11 is 0. The first-order valence-electron chi connectivity index (χ1n) is 17.0. The van der Waals surface area contributed by atoms with Gasteiger partial charge in [-0.05, 0) is 58.3 Å². The summed E-state index contributed by atoms with van der Waals surface area (Å²) in [5.41, 5.74) is 0. The molecule has 1 atom stereocenters. The summed E-state index contributed by atoms with van der Waals surface area (Å²) in [6.45, 7) is 16.4. The van der Waals surface area contributed by atoms with Crippen LogP contribution in [0, 0.1) is 0 Å². The summed E-state index contributed by atoms with van der Waals surface area (Å²) in [6.07, 6.45) is 36.1. The van der Waals surface area contributed by atoms with Crippen molar-refractivity contribution in [3.05, 3.63) is 0 Å². The summed E-state index contributed by atoms with van der Waals surface area (Å²) in [4.78, 5) is 0. The summed E-state index contributed by atoms with van der Waals surface area (Å²) in [7, 11) is 0. The second-order valence-corrected chi connectivity index (χ2v) is 12.1. The summed E-state index contributed by atoms with van der Waals surface area (Å²) in [6, 6.07) is 0.864. The van der Waals surface area contributed by atoms with Gasteiger partial charge in [0.1, 0.15) is 0 Å². The SMILES string of the molecule is CCCCCCCCC(C)[N+](CCCCCCCC)(CCCCCCCC)CCCCCCCC. The van der Waals surface area contributed by atoms with Crippen LogP contribution in [0.3, 0.4) is 0 Å². The fraction of sp³-hybridized carbons (Fsp3) is 1.00. The van der Waals surface area contributed by atoms with Gasteiger partial charge >= 0.3 is 0 Å². The highest BCUT2D eigenvalue weighted by Gasteiger charge is 2.32. The van der Waals surface area contributed by atoms with E-state index in [0.717, 1.165) is 6.04 Å². The van der Waals surface area contributed by atoms with Crippen molar-refractivity contribution in [2.45, 2.75) is 201 Å². The molecule has 0 saturated heterocycles. The van der Waals surface area contributed by atoms with E-state index in [4.69, 9.17) is 0 Å². The van der Waals surface area contributed by atoms with Crippen molar-refractivity contribution in [1.82, 2.24) is 0 Å². The van der Waals surface area contributed by atoms with E-state index in [-0.39, 0.29) is 0 Å². The van der Waals surface area contributed by atoms with Gasteiger partial charge in [-0.1, -0.05) is 137 Å². The van der Waals surface area contributed by atoms with E-state index in [1.54, 1.807) is 0 Å². The maximum Gasteiger partial charge on any atom is 0.0861 e. The van der Waals surface area contributed by atoms with E-state index in [2.05, 4.69) is 34.6 Å². The van der Waals surface area contributed by atoms with E-state index in [1.807, 2.05) is 0 Å². The van der Waals surface area contributed by atoms with Crippen LogP contribution >= 0.6 is 0 Å². The molecule has 0 aromatic rings. The van der Waals surface area contributed by atoms with Crippen LogP contribution in [-0.4, -0.2) is 30.2 Å². The molecule has 0 rings (SSSR count). The maximum atomic E-state index is 2.65. The van der Waals surface area contributed by atoms with E-state index in [1.165, 1.54) is 185 Å². The number of rotatable bonds is 29. The van der Waals surface area contributed by atoms with E-state index >= 15 is 0 Å². The molecular formula is C34H72N+. The van der Waals surface area contributed by atoms with Crippen LogP contribution < -0.4 is 0 Å². The lowest BCUT2D eigenvalue weighted by Crippen LogP contribution is -2.56. The number of hydrogen-bond donors (Lipinski definition) is 0. The molecule has 0 aliphatic heterocycles. The molecule has 0 fully saturated rings. The third-order valence-electron chi connectivity index (χ3n) is 8.78. The summed E-state index contributed by atoms with van der Waals surface area (Å²) in [5.74, 6) is 0. The average Bonchev–Trinajstić information content (AvgIpc) is 2.87. The van der Waals surface area contributed by atoms with Gasteiger partial charge in [0.25, 0.3) is 0 Å². The van der Waals surface area contributed by atoms with Crippen molar-refractivity contribution in [2.75, 3.05) is 19.6 Å². The lowest BCUT2D eigenvalue weighted by atomic mass is 9.99. The standard InChI is InChI=1S/C34H72N/c1-6-10-14-18-22-26-30-34(5)35(31-27-23-19-15-11-7-2,32-28-24-20-16-12-8-3)33-29-25-21-17-13-9-4/h34H,6-33H2,1-5H3/q+1. The van der Waals surface area contributed by atoms with Crippen molar-refractivity contribution < 1.29 is 4.48 Å². The van der Waals surface area contributed by atoms with Gasteiger partial charge in [-0.25, -0.2) is 0 Å². The molecule has 0 saturated carbocycles. The predicted octanol–water partition coefficient (Wildman–Crippen LogP) is 12.0. The number of hydrogen-bond acceptors (Lipinski definition) is 0. The normalized spacial score (nSPS) is 12.9. The topological polar surface area (TPSA) is 0 Å². The Morgan fingerprint density at radius 2 is 0.600 bits per heavy atom. The second-order valence-electron chi connectivity index (χ2n) is 12.1. The zero-order valence-corrected chi connectivity index (χ0v) is 25.8. The molecule has 0 aromatic carbocycles. The van der Waals surface area contributed by atoms with Gasteiger partial charge in [-0.3, -0.25) is 0 Å². The Hall–Kier alpha value is -0.0400. The minimum Gasteiger partial charge on any atom is -0.321 e. The van der Waals surface area contributed by atoms with Crippen LogP contribution in [0.4, 0.5) is 0 Å². The van der Waals surface area contributed by atoms with Gasteiger partial charge in [0.15, 0.2) is 0 Å². The third-order valence-corrected chi connectivity index (χ3v) is 8.78. The molecule has 35 heavy (non-hydrogen) atoms. The van der Waals surface area contributed by atoms with E-state index in [9.17, 15) is 0 Å². The molecule has 0 aliphatic rings. The van der Waals surface area contributed by atoms with Crippen molar-refractivity contribution in [3.8, 4) is 0 Å². The molecule has 1 nitrogen and oxygen atoms in total. The Morgan fingerprint density at radius 3 is 0.914 bits per heavy atom. The van der Waals surface area contributed by atoms with Gasteiger partial charge in [-0.2, -0.15) is 0 Å². The Balaban J connectivity index is 4.97. The van der Waals surface area contributed by atoms with Crippen molar-refractivity contribution in [3.63, 3.8) is 0 Å². The molecule has 1 unspecified atom stereocenters. The number of nitrogens with zero attached hydrogens (tertiary/aromatic N) is 1. The molecule has 0 heterocycles. The summed E-state index contributed by atoms with van der Waals surface area (Å²) < 4.78 is 1.46. The zero-order chi connectivity index (χ0) is 25.9. The monoisotopic (exact) mass is 495 g/mol. The highest BCUT2D eigenvalue weighted by molar-refractivity contribution is 4.61. The second kappa shape index (κ2) is 27.0. The quantitative estimate of drug-likeness (QED) is 0.0716.